The molecule has 0 aliphatic carbocycles. The number of nitrogens with two attached hydrogens (primary N) is 1. The first-order valence-corrected chi connectivity index (χ1v) is 11.8. The molecule has 2 amide bonds. The molecule has 1 aromatic carbocycles. The van der Waals surface area contributed by atoms with Gasteiger partial charge in [0.2, 0.25) is 5.89 Å². The highest BCUT2D eigenvalue weighted by molar-refractivity contribution is 5.98. The number of aromatic nitrogens is 3. The topological polar surface area (TPSA) is 158 Å². The molecule has 0 bridgehead atoms. The van der Waals surface area contributed by atoms with Crippen molar-refractivity contribution in [2.45, 2.75) is 39.6 Å². The molecule has 206 valence electrons. The molecule has 0 aliphatic rings. The van der Waals surface area contributed by atoms with Gasteiger partial charge >= 0.3 is 6.18 Å². The van der Waals surface area contributed by atoms with Crippen LogP contribution in [-0.2, 0) is 12.7 Å². The minimum absolute atomic E-state index is 0.0296. The van der Waals surface area contributed by atoms with E-state index in [0.717, 1.165) is 6.07 Å². The molecule has 0 unspecified atom stereocenters. The van der Waals surface area contributed by atoms with Gasteiger partial charge in [-0.3, -0.25) is 9.59 Å². The van der Waals surface area contributed by atoms with E-state index in [0.29, 0.717) is 11.1 Å². The van der Waals surface area contributed by atoms with Gasteiger partial charge in [-0.15, -0.1) is 0 Å². The van der Waals surface area contributed by atoms with Gasteiger partial charge in [0, 0.05) is 29.6 Å². The van der Waals surface area contributed by atoms with Crippen LogP contribution in [0.3, 0.4) is 0 Å². The van der Waals surface area contributed by atoms with E-state index in [2.05, 4.69) is 25.8 Å². The Bertz CT molecular complexity index is 1510. The Hall–Kier alpha value is -4.46. The molecular formula is C25H25F3N6O5. The van der Waals surface area contributed by atoms with E-state index in [1.165, 1.54) is 18.4 Å². The third-order valence-electron chi connectivity index (χ3n) is 5.46. The highest BCUT2D eigenvalue weighted by Crippen LogP contribution is 2.37. The average molecular weight is 547 g/mol. The van der Waals surface area contributed by atoms with Crippen LogP contribution in [0.2, 0.25) is 0 Å². The Labute approximate surface area is 219 Å². The normalized spacial score (nSPS) is 11.7. The number of alkyl halides is 3. The summed E-state index contributed by atoms with van der Waals surface area (Å²) in [6, 6.07) is 5.12. The lowest BCUT2D eigenvalue weighted by molar-refractivity contribution is -0.140. The summed E-state index contributed by atoms with van der Waals surface area (Å²) in [4.78, 5) is 33.0. The number of fused-ring (bicyclic) bond motifs is 1. The second-order valence-electron chi connectivity index (χ2n) is 8.72. The number of rotatable bonds is 9. The predicted molar refractivity (Wildman–Crippen MR) is 132 cm³/mol. The van der Waals surface area contributed by atoms with Crippen molar-refractivity contribution in [1.29, 1.82) is 0 Å². The largest absolute Gasteiger partial charge is 0.489 e. The zero-order valence-corrected chi connectivity index (χ0v) is 21.2. The highest BCUT2D eigenvalue weighted by Gasteiger charge is 2.33. The summed E-state index contributed by atoms with van der Waals surface area (Å²) in [5, 5.41) is 9.11. The van der Waals surface area contributed by atoms with Crippen molar-refractivity contribution in [1.82, 2.24) is 25.8 Å². The van der Waals surface area contributed by atoms with Crippen LogP contribution >= 0.6 is 0 Å². The number of ether oxygens (including phenoxy) is 1. The fourth-order valence-electron chi connectivity index (χ4n) is 3.69. The number of hydrogen-bond donors (Lipinski definition) is 3. The van der Waals surface area contributed by atoms with E-state index in [4.69, 9.17) is 19.4 Å². The molecule has 14 heteroatoms. The number of carbonyl (C=O) groups is 2. The summed E-state index contributed by atoms with van der Waals surface area (Å²) in [6.45, 7) is 5.13. The maximum Gasteiger partial charge on any atom is 0.433 e. The van der Waals surface area contributed by atoms with Gasteiger partial charge in [-0.25, -0.2) is 9.97 Å². The monoisotopic (exact) mass is 546 g/mol. The van der Waals surface area contributed by atoms with Crippen LogP contribution in [0.5, 0.6) is 5.75 Å². The molecule has 39 heavy (non-hydrogen) atoms. The van der Waals surface area contributed by atoms with Gasteiger partial charge in [0.15, 0.2) is 17.1 Å². The minimum Gasteiger partial charge on any atom is -0.489 e. The van der Waals surface area contributed by atoms with Crippen molar-refractivity contribution in [2.24, 2.45) is 5.73 Å². The van der Waals surface area contributed by atoms with E-state index in [-0.39, 0.29) is 65.4 Å². The minimum atomic E-state index is -4.66. The van der Waals surface area contributed by atoms with Gasteiger partial charge in [-0.2, -0.15) is 13.2 Å². The molecule has 0 saturated carbocycles. The second-order valence-corrected chi connectivity index (χ2v) is 8.72. The summed E-state index contributed by atoms with van der Waals surface area (Å²) in [5.41, 5.74) is 5.55. The summed E-state index contributed by atoms with van der Waals surface area (Å²) in [5.74, 6) is -0.876. The van der Waals surface area contributed by atoms with Gasteiger partial charge in [-0.1, -0.05) is 5.16 Å². The second kappa shape index (κ2) is 11.1. The first-order valence-electron chi connectivity index (χ1n) is 11.8. The van der Waals surface area contributed by atoms with Crippen LogP contribution in [0, 0.1) is 6.92 Å². The van der Waals surface area contributed by atoms with Gasteiger partial charge < -0.3 is 30.0 Å². The molecule has 0 spiro atoms. The van der Waals surface area contributed by atoms with Crippen molar-refractivity contribution in [3.63, 3.8) is 0 Å². The van der Waals surface area contributed by atoms with Gasteiger partial charge in [0.25, 0.3) is 11.8 Å². The molecule has 4 rings (SSSR count). The lowest BCUT2D eigenvalue weighted by atomic mass is 10.1. The number of nitrogens with zero attached hydrogens (tertiary/aromatic N) is 3. The SMILES string of the molecule is Cc1conc1C(=O)NCCNC(=O)c1nc(-c2ccc(OC(C)C)c3nc(C(F)(F)F)ccc23)oc1CN. The number of hydrogen-bond acceptors (Lipinski definition) is 9. The van der Waals surface area contributed by atoms with E-state index >= 15 is 0 Å². The van der Waals surface area contributed by atoms with E-state index < -0.39 is 23.7 Å². The van der Waals surface area contributed by atoms with Gasteiger partial charge in [0.1, 0.15) is 23.2 Å². The van der Waals surface area contributed by atoms with Crippen LogP contribution in [0.1, 0.15) is 51.8 Å². The van der Waals surface area contributed by atoms with Gasteiger partial charge in [-0.05, 0) is 45.0 Å². The summed E-state index contributed by atoms with van der Waals surface area (Å²) < 4.78 is 56.2. The summed E-state index contributed by atoms with van der Waals surface area (Å²) in [6.07, 6.45) is -3.64. The lowest BCUT2D eigenvalue weighted by Crippen LogP contribution is -2.35. The number of aryl methyl sites for hydroxylation is 1. The number of oxazole rings is 1. The van der Waals surface area contributed by atoms with Crippen molar-refractivity contribution in [3.05, 3.63) is 58.9 Å². The Morgan fingerprint density at radius 3 is 2.33 bits per heavy atom. The zero-order valence-electron chi connectivity index (χ0n) is 21.2. The Balaban J connectivity index is 1.57. The maximum absolute atomic E-state index is 13.4. The van der Waals surface area contributed by atoms with Crippen LogP contribution in [0.25, 0.3) is 22.4 Å². The van der Waals surface area contributed by atoms with Crippen molar-refractivity contribution in [3.8, 4) is 17.2 Å². The maximum atomic E-state index is 13.4. The Kier molecular flexibility index (Phi) is 7.85. The quantitative estimate of drug-likeness (QED) is 0.267. The standard InChI is InChI=1S/C25H25F3N6O5/c1-12(2)38-16-6-4-15(14-5-7-18(25(26,27)28)32-20(14)16)24-33-21(17(10-29)39-24)23(36)31-9-8-30-22(35)19-13(3)11-37-34-19/h4-7,11-12H,8-10,29H2,1-3H3,(H,30,35)(H,31,36). The number of nitrogens with one attached hydrogen (secondary N) is 2. The first kappa shape index (κ1) is 27.6. The molecule has 3 aromatic heterocycles. The van der Waals surface area contributed by atoms with Crippen LogP contribution in [-0.4, -0.2) is 46.1 Å². The molecule has 0 saturated heterocycles. The van der Waals surface area contributed by atoms with Crippen LogP contribution in [0.15, 0.2) is 39.5 Å². The van der Waals surface area contributed by atoms with Crippen molar-refractivity contribution < 1.29 is 36.4 Å². The third kappa shape index (κ3) is 6.00. The predicted octanol–water partition coefficient (Wildman–Crippen LogP) is 3.61. The lowest BCUT2D eigenvalue weighted by Gasteiger charge is -2.14. The molecule has 4 N–H and O–H groups in total. The average Bonchev–Trinajstić information content (AvgIpc) is 3.51. The molecule has 3 heterocycles. The smallest absolute Gasteiger partial charge is 0.433 e. The summed E-state index contributed by atoms with van der Waals surface area (Å²) in [7, 11) is 0. The molecule has 0 atom stereocenters. The number of carbonyl (C=O) groups excluding carboxylic acids is 2. The zero-order chi connectivity index (χ0) is 28.3. The molecule has 11 nitrogen and oxygen atoms in total. The number of halogens is 3. The third-order valence-corrected chi connectivity index (χ3v) is 5.46. The van der Waals surface area contributed by atoms with Gasteiger partial charge in [0.05, 0.1) is 12.6 Å². The molecule has 0 fully saturated rings. The number of amides is 2. The Morgan fingerprint density at radius 1 is 1.05 bits per heavy atom. The fraction of sp³-hybridized carbons (Fsp3) is 0.320. The van der Waals surface area contributed by atoms with E-state index in [9.17, 15) is 22.8 Å². The van der Waals surface area contributed by atoms with Crippen LogP contribution < -0.4 is 21.1 Å². The van der Waals surface area contributed by atoms with E-state index in [1.807, 2.05) is 0 Å². The van der Waals surface area contributed by atoms with Crippen LogP contribution in [0.4, 0.5) is 13.2 Å². The van der Waals surface area contributed by atoms with E-state index in [1.54, 1.807) is 26.8 Å². The molecule has 0 aliphatic heterocycles. The number of pyridine rings is 1. The molecular weight excluding hydrogens is 521 g/mol. The molecule has 4 aromatic rings. The number of benzene rings is 1. The highest BCUT2D eigenvalue weighted by atomic mass is 19.4. The molecule has 0 radical (unpaired) electrons. The first-order chi connectivity index (χ1) is 18.5. The fourth-order valence-corrected chi connectivity index (χ4v) is 3.69. The van der Waals surface area contributed by atoms with Crippen molar-refractivity contribution in [2.75, 3.05) is 13.1 Å². The van der Waals surface area contributed by atoms with Crippen molar-refractivity contribution >= 4 is 22.7 Å². The summed E-state index contributed by atoms with van der Waals surface area (Å²) >= 11 is 0. The Morgan fingerprint density at radius 2 is 1.74 bits per heavy atom.